The number of pyridine rings is 2. The smallest absolute Gasteiger partial charge is 0.276 e. The van der Waals surface area contributed by atoms with Crippen LogP contribution in [-0.2, 0) is 17.3 Å². The summed E-state index contributed by atoms with van der Waals surface area (Å²) in [7, 11) is 2.85. The van der Waals surface area contributed by atoms with E-state index in [4.69, 9.17) is 0 Å². The molecule has 0 spiro atoms. The Morgan fingerprint density at radius 2 is 1.94 bits per heavy atom. The molecule has 0 aliphatic carbocycles. The van der Waals surface area contributed by atoms with Crippen LogP contribution in [0.25, 0.3) is 22.0 Å². The van der Waals surface area contributed by atoms with Crippen molar-refractivity contribution in [2.45, 2.75) is 11.6 Å². The number of carbonyl (C=O) groups excluding carboxylic acids is 1. The third-order valence-corrected chi connectivity index (χ3v) is 5.52. The summed E-state index contributed by atoms with van der Waals surface area (Å²) in [5.41, 5.74) is 4.59. The van der Waals surface area contributed by atoms with Gasteiger partial charge in [0.25, 0.3) is 5.91 Å². The molecule has 3 heterocycles. The molecule has 0 aliphatic rings. The van der Waals surface area contributed by atoms with Crippen molar-refractivity contribution in [2.24, 2.45) is 0 Å². The molecule has 1 aromatic carbocycles. The van der Waals surface area contributed by atoms with Gasteiger partial charge in [0.05, 0.1) is 28.2 Å². The lowest BCUT2D eigenvalue weighted by Gasteiger charge is -2.10. The topological polar surface area (TPSA) is 104 Å². The summed E-state index contributed by atoms with van der Waals surface area (Å²) in [5.74, 6) is -0.352. The van der Waals surface area contributed by atoms with E-state index in [1.54, 1.807) is 18.4 Å². The molecule has 0 bridgehead atoms. The lowest BCUT2D eigenvalue weighted by atomic mass is 10.0. The molecule has 4 aromatic rings. The van der Waals surface area contributed by atoms with Gasteiger partial charge >= 0.3 is 0 Å². The first-order valence-corrected chi connectivity index (χ1v) is 11.1. The highest BCUT2D eigenvalue weighted by atomic mass is 32.2. The van der Waals surface area contributed by atoms with Crippen LogP contribution in [0.1, 0.15) is 16.1 Å². The molecule has 0 saturated carbocycles. The van der Waals surface area contributed by atoms with Crippen molar-refractivity contribution >= 4 is 33.3 Å². The molecule has 1 atom stereocenters. The molecular weight excluding hydrogens is 412 g/mol. The fourth-order valence-electron chi connectivity index (χ4n) is 3.28. The van der Waals surface area contributed by atoms with E-state index >= 15 is 0 Å². The Balaban J connectivity index is 1.62. The number of anilines is 1. The van der Waals surface area contributed by atoms with Crippen molar-refractivity contribution < 1.29 is 9.00 Å². The zero-order valence-corrected chi connectivity index (χ0v) is 18.2. The van der Waals surface area contributed by atoms with Gasteiger partial charge in [-0.2, -0.15) is 5.10 Å². The predicted molar refractivity (Wildman–Crippen MR) is 121 cm³/mol. The summed E-state index contributed by atoms with van der Waals surface area (Å²) in [6, 6.07) is 11.2. The number of hydrogen-bond acceptors (Lipinski definition) is 6. The number of aromatic amines is 1. The first-order chi connectivity index (χ1) is 14.9. The van der Waals surface area contributed by atoms with Gasteiger partial charge in [-0.15, -0.1) is 0 Å². The van der Waals surface area contributed by atoms with Gasteiger partial charge in [-0.25, -0.2) is 4.98 Å². The van der Waals surface area contributed by atoms with E-state index in [0.29, 0.717) is 16.1 Å². The van der Waals surface area contributed by atoms with E-state index in [1.165, 1.54) is 6.20 Å². The first-order valence-electron chi connectivity index (χ1n) is 9.58. The molecule has 0 saturated heterocycles. The minimum atomic E-state index is -1.17. The van der Waals surface area contributed by atoms with E-state index < -0.39 is 10.8 Å². The number of carbonyl (C=O) groups is 1. The molecule has 0 aliphatic heterocycles. The van der Waals surface area contributed by atoms with Gasteiger partial charge < -0.3 is 10.2 Å². The molecule has 4 rings (SSSR count). The average molecular weight is 435 g/mol. The van der Waals surface area contributed by atoms with Crippen LogP contribution in [0, 0.1) is 0 Å². The van der Waals surface area contributed by atoms with Crippen LogP contribution < -0.4 is 5.32 Å². The number of hydrogen-bond donors (Lipinski definition) is 2. The van der Waals surface area contributed by atoms with Gasteiger partial charge in [0, 0.05) is 36.1 Å². The Bertz CT molecular complexity index is 1270. The fraction of sp³-hybridized carbons (Fsp3) is 0.182. The summed E-state index contributed by atoms with van der Waals surface area (Å²) in [5, 5.41) is 11.1. The molecule has 0 radical (unpaired) electrons. The number of amides is 1. The Hall–Kier alpha value is -3.43. The summed E-state index contributed by atoms with van der Waals surface area (Å²) in [6.07, 6.45) is 6.70. The maximum Gasteiger partial charge on any atom is 0.276 e. The van der Waals surface area contributed by atoms with Crippen molar-refractivity contribution in [3.63, 3.8) is 0 Å². The summed E-state index contributed by atoms with van der Waals surface area (Å²) >= 11 is 0. The van der Waals surface area contributed by atoms with Crippen molar-refractivity contribution in [1.29, 1.82) is 0 Å². The lowest BCUT2D eigenvalue weighted by molar-refractivity contribution is 0.102. The Morgan fingerprint density at radius 1 is 1.10 bits per heavy atom. The number of fused-ring (bicyclic) bond motifs is 1. The maximum absolute atomic E-state index is 12.8. The van der Waals surface area contributed by atoms with Crippen molar-refractivity contribution in [1.82, 2.24) is 25.1 Å². The predicted octanol–water partition coefficient (Wildman–Crippen LogP) is 3.07. The van der Waals surface area contributed by atoms with Gasteiger partial charge in [-0.05, 0) is 55.6 Å². The molecule has 3 aromatic heterocycles. The third kappa shape index (κ3) is 4.68. The molecule has 2 N–H and O–H groups in total. The van der Waals surface area contributed by atoms with Crippen molar-refractivity contribution in [3.05, 3.63) is 66.2 Å². The number of nitrogens with zero attached hydrogens (tertiary/aromatic N) is 4. The minimum Gasteiger partial charge on any atom is -0.319 e. The monoisotopic (exact) mass is 434 g/mol. The number of aromatic nitrogens is 4. The van der Waals surface area contributed by atoms with E-state index in [-0.39, 0.29) is 11.6 Å². The van der Waals surface area contributed by atoms with Crippen LogP contribution in [0.2, 0.25) is 0 Å². The normalized spacial score (nSPS) is 12.3. The molecule has 1 amide bonds. The minimum absolute atomic E-state index is 0.289. The second-order valence-corrected chi connectivity index (χ2v) is 8.77. The number of benzene rings is 1. The molecule has 31 heavy (non-hydrogen) atoms. The van der Waals surface area contributed by atoms with Gasteiger partial charge in [-0.1, -0.05) is 6.07 Å². The second-order valence-electron chi connectivity index (χ2n) is 7.45. The van der Waals surface area contributed by atoms with Gasteiger partial charge in [0.2, 0.25) is 0 Å². The molecule has 9 heteroatoms. The van der Waals surface area contributed by atoms with Crippen LogP contribution in [-0.4, -0.2) is 55.5 Å². The lowest BCUT2D eigenvalue weighted by Crippen LogP contribution is -2.13. The summed E-state index contributed by atoms with van der Waals surface area (Å²) in [4.78, 5) is 23.4. The van der Waals surface area contributed by atoms with Crippen LogP contribution in [0.5, 0.6) is 0 Å². The molecule has 158 valence electrons. The van der Waals surface area contributed by atoms with Gasteiger partial charge in [-0.3, -0.25) is 19.1 Å². The quantitative estimate of drug-likeness (QED) is 0.483. The van der Waals surface area contributed by atoms with Gasteiger partial charge in [0.15, 0.2) is 5.69 Å². The molecular formula is C22H22N6O2S. The molecule has 0 fully saturated rings. The zero-order chi connectivity index (χ0) is 22.0. The SMILES string of the molecule is CN(C)Cc1cncc(-c2ccc3[nH]nc(C(=O)Nc4ccc(S(C)=O)nc4)c3c2)c1. The Kier molecular flexibility index (Phi) is 5.88. The maximum atomic E-state index is 12.8. The average Bonchev–Trinajstić information content (AvgIpc) is 3.17. The summed E-state index contributed by atoms with van der Waals surface area (Å²) in [6.45, 7) is 0.793. The largest absolute Gasteiger partial charge is 0.319 e. The van der Waals surface area contributed by atoms with E-state index in [0.717, 1.165) is 28.8 Å². The number of rotatable bonds is 6. The Labute approximate surface area is 182 Å². The van der Waals surface area contributed by atoms with Crippen LogP contribution in [0.15, 0.2) is 60.0 Å². The highest BCUT2D eigenvalue weighted by Gasteiger charge is 2.16. The zero-order valence-electron chi connectivity index (χ0n) is 17.4. The van der Waals surface area contributed by atoms with E-state index in [9.17, 15) is 9.00 Å². The highest BCUT2D eigenvalue weighted by Crippen LogP contribution is 2.26. The third-order valence-electron chi connectivity index (χ3n) is 4.69. The second kappa shape index (κ2) is 8.75. The Morgan fingerprint density at radius 3 is 2.65 bits per heavy atom. The van der Waals surface area contributed by atoms with Crippen LogP contribution in [0.4, 0.5) is 5.69 Å². The van der Waals surface area contributed by atoms with Crippen LogP contribution in [0.3, 0.4) is 0 Å². The fourth-order valence-corrected chi connectivity index (χ4v) is 3.74. The van der Waals surface area contributed by atoms with Crippen molar-refractivity contribution in [3.8, 4) is 11.1 Å². The number of nitrogens with one attached hydrogen (secondary N) is 2. The van der Waals surface area contributed by atoms with E-state index in [2.05, 4.69) is 36.4 Å². The molecule has 1 unspecified atom stereocenters. The molecule has 8 nitrogen and oxygen atoms in total. The number of H-pyrrole nitrogens is 1. The van der Waals surface area contributed by atoms with Crippen LogP contribution >= 0.6 is 0 Å². The standard InChI is InChI=1S/C22H22N6O2S/c1-28(2)13-14-8-16(11-23-10-14)15-4-6-19-18(9-15)21(27-26-19)22(29)25-17-5-7-20(24-12-17)31(3)30/h4-12H,13H2,1-3H3,(H,25,29)(H,26,27). The van der Waals surface area contributed by atoms with Gasteiger partial charge in [0.1, 0.15) is 5.03 Å². The first kappa shape index (κ1) is 20.8. The summed E-state index contributed by atoms with van der Waals surface area (Å²) < 4.78 is 11.5. The van der Waals surface area contributed by atoms with E-state index in [1.807, 2.05) is 44.7 Å². The highest BCUT2D eigenvalue weighted by molar-refractivity contribution is 7.84. The van der Waals surface area contributed by atoms with Crippen molar-refractivity contribution in [2.75, 3.05) is 25.7 Å².